The van der Waals surface area contributed by atoms with Gasteiger partial charge in [-0.3, -0.25) is 0 Å². The van der Waals surface area contributed by atoms with Gasteiger partial charge in [-0.15, -0.1) is 0 Å². The minimum atomic E-state index is 0.186. The van der Waals surface area contributed by atoms with E-state index < -0.39 is 0 Å². The second kappa shape index (κ2) is 6.03. The number of hydrogen-bond donors (Lipinski definition) is 1. The fourth-order valence-electron chi connectivity index (χ4n) is 1.85. The van der Waals surface area contributed by atoms with Crippen LogP contribution in [0.25, 0.3) is 0 Å². The van der Waals surface area contributed by atoms with Crippen LogP contribution >= 0.6 is 0 Å². The molecule has 19 heavy (non-hydrogen) atoms. The van der Waals surface area contributed by atoms with E-state index in [1.54, 1.807) is 12.1 Å². The number of nitrogens with zero attached hydrogens (tertiary/aromatic N) is 1. The second-order valence-corrected chi connectivity index (χ2v) is 4.26. The highest BCUT2D eigenvalue weighted by atomic mass is 16.5. The van der Waals surface area contributed by atoms with Gasteiger partial charge >= 0.3 is 0 Å². The van der Waals surface area contributed by atoms with Crippen molar-refractivity contribution in [2.75, 3.05) is 7.05 Å². The zero-order valence-corrected chi connectivity index (χ0v) is 11.1. The smallest absolute Gasteiger partial charge is 0.145 e. The molecular weight excluding hydrogens is 236 g/mol. The molecule has 0 amide bonds. The van der Waals surface area contributed by atoms with Gasteiger partial charge in [0.1, 0.15) is 17.6 Å². The van der Waals surface area contributed by atoms with E-state index in [-0.39, 0.29) is 6.04 Å². The molecule has 0 saturated heterocycles. The highest BCUT2D eigenvalue weighted by Gasteiger charge is 2.11. The summed E-state index contributed by atoms with van der Waals surface area (Å²) >= 11 is 0. The molecule has 1 atom stereocenters. The van der Waals surface area contributed by atoms with Crippen molar-refractivity contribution in [1.29, 1.82) is 5.26 Å². The molecule has 0 heterocycles. The summed E-state index contributed by atoms with van der Waals surface area (Å²) in [6, 6.07) is 17.4. The van der Waals surface area contributed by atoms with E-state index in [0.29, 0.717) is 11.3 Å². The van der Waals surface area contributed by atoms with Gasteiger partial charge in [0.2, 0.25) is 0 Å². The number of nitriles is 1. The van der Waals surface area contributed by atoms with Crippen molar-refractivity contribution < 1.29 is 4.74 Å². The number of hydrogen-bond acceptors (Lipinski definition) is 3. The van der Waals surface area contributed by atoms with Crippen molar-refractivity contribution in [1.82, 2.24) is 5.32 Å². The molecule has 0 aliphatic rings. The van der Waals surface area contributed by atoms with E-state index >= 15 is 0 Å². The molecule has 0 bridgehead atoms. The Balaban J connectivity index is 2.36. The first-order chi connectivity index (χ1) is 9.26. The molecule has 0 fully saturated rings. The van der Waals surface area contributed by atoms with Crippen LogP contribution in [0.2, 0.25) is 0 Å². The van der Waals surface area contributed by atoms with Crippen LogP contribution in [0.5, 0.6) is 11.5 Å². The molecule has 3 nitrogen and oxygen atoms in total. The van der Waals surface area contributed by atoms with Gasteiger partial charge in [0.25, 0.3) is 0 Å². The molecule has 0 radical (unpaired) electrons. The summed E-state index contributed by atoms with van der Waals surface area (Å²) in [6.07, 6.45) is 0. The summed E-state index contributed by atoms with van der Waals surface area (Å²) in [5.41, 5.74) is 1.60. The van der Waals surface area contributed by atoms with Crippen molar-refractivity contribution in [3.63, 3.8) is 0 Å². The standard InChI is InChI=1S/C16H16N2O/c1-12(18-2)14-8-4-6-10-16(14)19-15-9-5-3-7-13(15)11-17/h3-10,12,18H,1-2H3. The van der Waals surface area contributed by atoms with Crippen molar-refractivity contribution in [2.45, 2.75) is 13.0 Å². The molecule has 2 aromatic rings. The van der Waals surface area contributed by atoms with Crippen LogP contribution in [0, 0.1) is 11.3 Å². The zero-order chi connectivity index (χ0) is 13.7. The first-order valence-corrected chi connectivity index (χ1v) is 6.19. The van der Waals surface area contributed by atoms with Crippen LogP contribution in [0.15, 0.2) is 48.5 Å². The lowest BCUT2D eigenvalue weighted by molar-refractivity contribution is 0.465. The Morgan fingerprint density at radius 3 is 2.37 bits per heavy atom. The first-order valence-electron chi connectivity index (χ1n) is 6.19. The third-order valence-corrected chi connectivity index (χ3v) is 3.05. The zero-order valence-electron chi connectivity index (χ0n) is 11.1. The molecule has 0 aliphatic heterocycles. The van der Waals surface area contributed by atoms with Crippen LogP contribution in [0.1, 0.15) is 24.1 Å². The molecular formula is C16H16N2O. The molecule has 1 unspecified atom stereocenters. The van der Waals surface area contributed by atoms with E-state index in [4.69, 9.17) is 10.00 Å². The number of rotatable bonds is 4. The highest BCUT2D eigenvalue weighted by molar-refractivity contribution is 5.47. The van der Waals surface area contributed by atoms with Gasteiger partial charge in [0.05, 0.1) is 5.56 Å². The summed E-state index contributed by atoms with van der Waals surface area (Å²) in [7, 11) is 1.91. The first kappa shape index (κ1) is 13.1. The van der Waals surface area contributed by atoms with Gasteiger partial charge in [-0.2, -0.15) is 5.26 Å². The lowest BCUT2D eigenvalue weighted by atomic mass is 10.1. The van der Waals surface area contributed by atoms with Crippen molar-refractivity contribution in [3.8, 4) is 17.6 Å². The van der Waals surface area contributed by atoms with E-state index in [1.165, 1.54) is 0 Å². The molecule has 0 saturated carbocycles. The maximum Gasteiger partial charge on any atom is 0.145 e. The number of para-hydroxylation sites is 2. The molecule has 96 valence electrons. The Morgan fingerprint density at radius 1 is 1.05 bits per heavy atom. The third-order valence-electron chi connectivity index (χ3n) is 3.05. The van der Waals surface area contributed by atoms with Crippen LogP contribution in [-0.4, -0.2) is 7.05 Å². The maximum absolute atomic E-state index is 9.08. The number of nitrogens with one attached hydrogen (secondary N) is 1. The molecule has 3 heteroatoms. The van der Waals surface area contributed by atoms with Crippen LogP contribution < -0.4 is 10.1 Å². The van der Waals surface area contributed by atoms with E-state index in [2.05, 4.69) is 18.3 Å². The summed E-state index contributed by atoms with van der Waals surface area (Å²) < 4.78 is 5.89. The second-order valence-electron chi connectivity index (χ2n) is 4.26. The fraction of sp³-hybridized carbons (Fsp3) is 0.188. The summed E-state index contributed by atoms with van der Waals surface area (Å²) in [5.74, 6) is 1.35. The van der Waals surface area contributed by atoms with Gasteiger partial charge in [0.15, 0.2) is 0 Å². The van der Waals surface area contributed by atoms with Gasteiger partial charge in [-0.05, 0) is 32.2 Å². The quantitative estimate of drug-likeness (QED) is 0.903. The third kappa shape index (κ3) is 2.93. The molecule has 0 aliphatic carbocycles. The van der Waals surface area contributed by atoms with Crippen molar-refractivity contribution >= 4 is 0 Å². The van der Waals surface area contributed by atoms with E-state index in [1.807, 2.05) is 43.4 Å². The van der Waals surface area contributed by atoms with Gasteiger partial charge in [-0.1, -0.05) is 30.3 Å². The van der Waals surface area contributed by atoms with Crippen molar-refractivity contribution in [2.24, 2.45) is 0 Å². The average Bonchev–Trinajstić information content (AvgIpc) is 2.47. The van der Waals surface area contributed by atoms with Crippen LogP contribution in [0.4, 0.5) is 0 Å². The Hall–Kier alpha value is -2.31. The number of benzene rings is 2. The molecule has 2 rings (SSSR count). The van der Waals surface area contributed by atoms with Gasteiger partial charge < -0.3 is 10.1 Å². The lowest BCUT2D eigenvalue weighted by Gasteiger charge is -2.16. The monoisotopic (exact) mass is 252 g/mol. The average molecular weight is 252 g/mol. The predicted molar refractivity (Wildman–Crippen MR) is 75.1 cm³/mol. The van der Waals surface area contributed by atoms with Gasteiger partial charge in [-0.25, -0.2) is 0 Å². The Labute approximate surface area is 113 Å². The predicted octanol–water partition coefficient (Wildman–Crippen LogP) is 3.63. The van der Waals surface area contributed by atoms with Crippen LogP contribution in [0.3, 0.4) is 0 Å². The summed E-state index contributed by atoms with van der Waals surface area (Å²) in [6.45, 7) is 2.07. The lowest BCUT2D eigenvalue weighted by Crippen LogP contribution is -2.13. The van der Waals surface area contributed by atoms with Crippen molar-refractivity contribution in [3.05, 3.63) is 59.7 Å². The largest absolute Gasteiger partial charge is 0.456 e. The normalized spacial score (nSPS) is 11.6. The minimum Gasteiger partial charge on any atom is -0.456 e. The molecule has 0 aromatic heterocycles. The van der Waals surface area contributed by atoms with Gasteiger partial charge in [0, 0.05) is 11.6 Å². The summed E-state index contributed by atoms with van der Waals surface area (Å²) in [5, 5.41) is 12.3. The Morgan fingerprint density at radius 2 is 1.68 bits per heavy atom. The topological polar surface area (TPSA) is 45.0 Å². The molecule has 2 aromatic carbocycles. The summed E-state index contributed by atoms with van der Waals surface area (Å²) in [4.78, 5) is 0. The number of ether oxygens (including phenoxy) is 1. The fourth-order valence-corrected chi connectivity index (χ4v) is 1.85. The molecule has 0 spiro atoms. The highest BCUT2D eigenvalue weighted by Crippen LogP contribution is 2.30. The Bertz CT molecular complexity index is 602. The van der Waals surface area contributed by atoms with Crippen LogP contribution in [-0.2, 0) is 0 Å². The van der Waals surface area contributed by atoms with E-state index in [9.17, 15) is 0 Å². The minimum absolute atomic E-state index is 0.186. The SMILES string of the molecule is CNC(C)c1ccccc1Oc1ccccc1C#N. The Kier molecular flexibility index (Phi) is 4.17. The molecule has 1 N–H and O–H groups in total. The maximum atomic E-state index is 9.08. The van der Waals surface area contributed by atoms with E-state index in [0.717, 1.165) is 11.3 Å².